The van der Waals surface area contributed by atoms with E-state index < -0.39 is 0 Å². The van der Waals surface area contributed by atoms with Crippen molar-refractivity contribution >= 4 is 0 Å². The number of benzene rings is 1. The van der Waals surface area contributed by atoms with Crippen molar-refractivity contribution < 1.29 is 14.2 Å². The third-order valence-corrected chi connectivity index (χ3v) is 2.48. The Labute approximate surface area is 109 Å². The Morgan fingerprint density at radius 2 is 1.67 bits per heavy atom. The maximum absolute atomic E-state index is 5.56. The van der Waals surface area contributed by atoms with E-state index in [1.165, 1.54) is 0 Å². The van der Waals surface area contributed by atoms with Gasteiger partial charge in [-0.25, -0.2) is 0 Å². The van der Waals surface area contributed by atoms with Gasteiger partial charge in [0, 0.05) is 19.7 Å². The van der Waals surface area contributed by atoms with Crippen LogP contribution < -0.4 is 10.1 Å². The monoisotopic (exact) mass is 253 g/mol. The number of ether oxygens (including phenoxy) is 3. The molecule has 0 atom stereocenters. The van der Waals surface area contributed by atoms with Crippen molar-refractivity contribution in [3.05, 3.63) is 29.8 Å². The lowest BCUT2D eigenvalue weighted by Crippen LogP contribution is -2.23. The second-order valence-corrected chi connectivity index (χ2v) is 3.85. The van der Waals surface area contributed by atoms with Gasteiger partial charge in [-0.05, 0) is 24.6 Å². The highest BCUT2D eigenvalue weighted by Gasteiger charge is 1.95. The summed E-state index contributed by atoms with van der Waals surface area (Å²) in [4.78, 5) is 0. The van der Waals surface area contributed by atoms with Crippen molar-refractivity contribution in [1.82, 2.24) is 5.32 Å². The second-order valence-electron chi connectivity index (χ2n) is 3.85. The Morgan fingerprint density at radius 1 is 1.00 bits per heavy atom. The molecule has 1 aromatic carbocycles. The Kier molecular flexibility index (Phi) is 8.21. The molecule has 4 heteroatoms. The summed E-state index contributed by atoms with van der Waals surface area (Å²) in [7, 11) is 1.67. The summed E-state index contributed by atoms with van der Waals surface area (Å²) in [5.41, 5.74) is 1.16. The van der Waals surface area contributed by atoms with E-state index in [1.807, 2.05) is 31.2 Å². The topological polar surface area (TPSA) is 39.7 Å². The first-order chi connectivity index (χ1) is 8.86. The molecule has 0 fully saturated rings. The van der Waals surface area contributed by atoms with Gasteiger partial charge in [0.25, 0.3) is 0 Å². The van der Waals surface area contributed by atoms with E-state index in [-0.39, 0.29) is 0 Å². The van der Waals surface area contributed by atoms with Crippen molar-refractivity contribution in [3.63, 3.8) is 0 Å². The molecular weight excluding hydrogens is 230 g/mol. The van der Waals surface area contributed by atoms with Gasteiger partial charge in [0.2, 0.25) is 0 Å². The standard InChI is InChI=1S/C14H23NO3/c1-3-17-10-8-15-9-11-18-12-13-4-6-14(16-2)7-5-13/h4-7,15H,3,8-12H2,1-2H3. The van der Waals surface area contributed by atoms with Gasteiger partial charge in [-0.1, -0.05) is 12.1 Å². The van der Waals surface area contributed by atoms with E-state index in [1.54, 1.807) is 7.11 Å². The van der Waals surface area contributed by atoms with Crippen molar-refractivity contribution in [2.75, 3.05) is 40.0 Å². The molecular formula is C14H23NO3. The zero-order valence-electron chi connectivity index (χ0n) is 11.3. The minimum atomic E-state index is 0.636. The van der Waals surface area contributed by atoms with Crippen LogP contribution in [0.15, 0.2) is 24.3 Å². The van der Waals surface area contributed by atoms with Gasteiger partial charge in [-0.3, -0.25) is 0 Å². The summed E-state index contributed by atoms with van der Waals surface area (Å²) in [6.45, 7) is 6.60. The fraction of sp³-hybridized carbons (Fsp3) is 0.571. The van der Waals surface area contributed by atoms with Crippen LogP contribution in [0.2, 0.25) is 0 Å². The van der Waals surface area contributed by atoms with Crippen LogP contribution in [0, 0.1) is 0 Å². The summed E-state index contributed by atoms with van der Waals surface area (Å²) < 4.78 is 15.9. The first-order valence-corrected chi connectivity index (χ1v) is 6.36. The molecule has 0 aromatic heterocycles. The second kappa shape index (κ2) is 9.88. The van der Waals surface area contributed by atoms with Crippen LogP contribution in [0.25, 0.3) is 0 Å². The molecule has 4 nitrogen and oxygen atoms in total. The van der Waals surface area contributed by atoms with Crippen LogP contribution in [-0.2, 0) is 16.1 Å². The van der Waals surface area contributed by atoms with Crippen LogP contribution in [0.1, 0.15) is 12.5 Å². The molecule has 0 bridgehead atoms. The van der Waals surface area contributed by atoms with Gasteiger partial charge in [0.05, 0.1) is 26.9 Å². The summed E-state index contributed by atoms with van der Waals surface area (Å²) in [6.07, 6.45) is 0. The zero-order chi connectivity index (χ0) is 13.1. The maximum atomic E-state index is 5.56. The largest absolute Gasteiger partial charge is 0.497 e. The third kappa shape index (κ3) is 6.59. The number of rotatable bonds is 10. The molecule has 1 rings (SSSR count). The first-order valence-electron chi connectivity index (χ1n) is 6.36. The van der Waals surface area contributed by atoms with Gasteiger partial charge < -0.3 is 19.5 Å². The molecule has 0 aliphatic carbocycles. The van der Waals surface area contributed by atoms with Crippen molar-refractivity contribution in [1.29, 1.82) is 0 Å². The van der Waals surface area contributed by atoms with Crippen molar-refractivity contribution in [3.8, 4) is 5.75 Å². The van der Waals surface area contributed by atoms with Crippen LogP contribution in [0.3, 0.4) is 0 Å². The quantitative estimate of drug-likeness (QED) is 0.646. The van der Waals surface area contributed by atoms with Gasteiger partial charge >= 0.3 is 0 Å². The van der Waals surface area contributed by atoms with E-state index in [0.717, 1.165) is 37.6 Å². The van der Waals surface area contributed by atoms with E-state index in [2.05, 4.69) is 5.32 Å². The molecule has 0 heterocycles. The molecule has 0 aliphatic heterocycles. The lowest BCUT2D eigenvalue weighted by atomic mass is 10.2. The van der Waals surface area contributed by atoms with Gasteiger partial charge in [0.15, 0.2) is 0 Å². The smallest absolute Gasteiger partial charge is 0.118 e. The Morgan fingerprint density at radius 3 is 2.28 bits per heavy atom. The number of methoxy groups -OCH3 is 1. The van der Waals surface area contributed by atoms with E-state index in [4.69, 9.17) is 14.2 Å². The number of hydrogen-bond acceptors (Lipinski definition) is 4. The summed E-state index contributed by atoms with van der Waals surface area (Å²) >= 11 is 0. The van der Waals surface area contributed by atoms with Crippen molar-refractivity contribution in [2.24, 2.45) is 0 Å². The van der Waals surface area contributed by atoms with Gasteiger partial charge in [0.1, 0.15) is 5.75 Å². The third-order valence-electron chi connectivity index (χ3n) is 2.48. The molecule has 1 aromatic rings. The van der Waals surface area contributed by atoms with Crippen LogP contribution in [0.4, 0.5) is 0 Å². The average molecular weight is 253 g/mol. The fourth-order valence-corrected chi connectivity index (χ4v) is 1.47. The zero-order valence-corrected chi connectivity index (χ0v) is 11.3. The van der Waals surface area contributed by atoms with Gasteiger partial charge in [-0.2, -0.15) is 0 Å². The predicted octanol–water partition coefficient (Wildman–Crippen LogP) is 1.84. The lowest BCUT2D eigenvalue weighted by Gasteiger charge is -2.07. The molecule has 0 saturated carbocycles. The highest BCUT2D eigenvalue weighted by atomic mass is 16.5. The molecule has 0 unspecified atom stereocenters. The highest BCUT2D eigenvalue weighted by Crippen LogP contribution is 2.11. The van der Waals surface area contributed by atoms with Gasteiger partial charge in [-0.15, -0.1) is 0 Å². The number of hydrogen-bond donors (Lipinski definition) is 1. The summed E-state index contributed by atoms with van der Waals surface area (Å²) in [6, 6.07) is 7.92. The molecule has 0 aliphatic rings. The predicted molar refractivity (Wildman–Crippen MR) is 72.0 cm³/mol. The van der Waals surface area contributed by atoms with Crippen LogP contribution >= 0.6 is 0 Å². The Balaban J connectivity index is 2.00. The van der Waals surface area contributed by atoms with E-state index in [9.17, 15) is 0 Å². The highest BCUT2D eigenvalue weighted by molar-refractivity contribution is 5.26. The average Bonchev–Trinajstić information content (AvgIpc) is 2.42. The summed E-state index contributed by atoms with van der Waals surface area (Å²) in [5, 5.41) is 3.25. The molecule has 18 heavy (non-hydrogen) atoms. The van der Waals surface area contributed by atoms with Crippen LogP contribution in [-0.4, -0.2) is 40.0 Å². The SMILES string of the molecule is CCOCCNCCOCc1ccc(OC)cc1. The van der Waals surface area contributed by atoms with Crippen LogP contribution in [0.5, 0.6) is 5.75 Å². The molecule has 1 N–H and O–H groups in total. The number of nitrogens with one attached hydrogen (secondary N) is 1. The molecule has 0 amide bonds. The fourth-order valence-electron chi connectivity index (χ4n) is 1.47. The van der Waals surface area contributed by atoms with Crippen molar-refractivity contribution in [2.45, 2.75) is 13.5 Å². The molecule has 0 radical (unpaired) electrons. The Hall–Kier alpha value is -1.10. The molecule has 102 valence electrons. The lowest BCUT2D eigenvalue weighted by molar-refractivity contribution is 0.116. The minimum Gasteiger partial charge on any atom is -0.497 e. The maximum Gasteiger partial charge on any atom is 0.118 e. The first kappa shape index (κ1) is 15.0. The van der Waals surface area contributed by atoms with E-state index >= 15 is 0 Å². The molecule has 0 spiro atoms. The van der Waals surface area contributed by atoms with E-state index in [0.29, 0.717) is 13.2 Å². The molecule has 0 saturated heterocycles. The minimum absolute atomic E-state index is 0.636. The Bertz CT molecular complexity index is 300. The summed E-state index contributed by atoms with van der Waals surface area (Å²) in [5.74, 6) is 0.872. The normalized spacial score (nSPS) is 10.6.